The van der Waals surface area contributed by atoms with Gasteiger partial charge in [-0.05, 0) is 30.7 Å². The van der Waals surface area contributed by atoms with E-state index in [-0.39, 0.29) is 0 Å². The number of aryl methyl sites for hydroxylation is 2. The minimum Gasteiger partial charge on any atom is -0.198 e. The van der Waals surface area contributed by atoms with Crippen molar-refractivity contribution in [1.82, 2.24) is 0 Å². The molecule has 13 heavy (non-hydrogen) atoms. The van der Waals surface area contributed by atoms with Crippen molar-refractivity contribution < 1.29 is 0 Å². The van der Waals surface area contributed by atoms with E-state index in [0.717, 1.165) is 12.8 Å². The highest BCUT2D eigenvalue weighted by Crippen LogP contribution is 2.30. The fraction of sp³-hybridized carbons (Fsp3) is 0.500. The van der Waals surface area contributed by atoms with E-state index in [0.29, 0.717) is 6.42 Å². The second kappa shape index (κ2) is 5.31. The molecular weight excluding hydrogens is 198 g/mol. The molecule has 0 aromatic carbocycles. The largest absolute Gasteiger partial charge is 0.198 e. The number of hydrogen-bond donors (Lipinski definition) is 0. The lowest BCUT2D eigenvalue weighted by Crippen LogP contribution is -1.84. The fourth-order valence-electron chi connectivity index (χ4n) is 1.22. The Morgan fingerprint density at radius 1 is 1.62 bits per heavy atom. The van der Waals surface area contributed by atoms with Gasteiger partial charge in [-0.1, -0.05) is 6.92 Å². The van der Waals surface area contributed by atoms with Gasteiger partial charge in [-0.2, -0.15) is 5.26 Å². The smallest absolute Gasteiger partial charge is 0.0625 e. The second-order valence-corrected chi connectivity index (χ2v) is 4.97. The van der Waals surface area contributed by atoms with E-state index in [1.165, 1.54) is 14.6 Å². The first-order chi connectivity index (χ1) is 6.31. The summed E-state index contributed by atoms with van der Waals surface area (Å²) < 4.78 is 1.37. The van der Waals surface area contributed by atoms with Crippen molar-refractivity contribution in [3.63, 3.8) is 0 Å². The van der Waals surface area contributed by atoms with Crippen LogP contribution in [-0.4, -0.2) is 6.26 Å². The SMILES string of the molecule is CCc1cc(SC)sc1CCC#N. The van der Waals surface area contributed by atoms with Gasteiger partial charge in [0.15, 0.2) is 0 Å². The van der Waals surface area contributed by atoms with Crippen molar-refractivity contribution in [3.8, 4) is 6.07 Å². The Balaban J connectivity index is 2.79. The molecule has 1 aromatic rings. The molecule has 1 heterocycles. The minimum atomic E-state index is 0.640. The predicted octanol–water partition coefficient (Wildman–Crippen LogP) is 3.49. The Morgan fingerprint density at radius 3 is 2.92 bits per heavy atom. The van der Waals surface area contributed by atoms with Crippen LogP contribution in [0.1, 0.15) is 23.8 Å². The molecule has 0 bridgehead atoms. The summed E-state index contributed by atoms with van der Waals surface area (Å²) >= 11 is 3.62. The molecule has 0 atom stereocenters. The molecule has 0 saturated heterocycles. The molecule has 3 heteroatoms. The Hall–Kier alpha value is -0.460. The van der Waals surface area contributed by atoms with Crippen LogP contribution in [0.4, 0.5) is 0 Å². The van der Waals surface area contributed by atoms with E-state index in [2.05, 4.69) is 25.3 Å². The maximum absolute atomic E-state index is 8.50. The van der Waals surface area contributed by atoms with Crippen LogP contribution >= 0.6 is 23.1 Å². The average Bonchev–Trinajstić information content (AvgIpc) is 2.57. The van der Waals surface area contributed by atoms with Gasteiger partial charge >= 0.3 is 0 Å². The molecule has 0 radical (unpaired) electrons. The molecule has 0 amide bonds. The van der Waals surface area contributed by atoms with Crippen LogP contribution < -0.4 is 0 Å². The molecule has 0 aliphatic heterocycles. The van der Waals surface area contributed by atoms with Crippen molar-refractivity contribution in [3.05, 3.63) is 16.5 Å². The minimum absolute atomic E-state index is 0.640. The van der Waals surface area contributed by atoms with E-state index < -0.39 is 0 Å². The van der Waals surface area contributed by atoms with E-state index in [1.54, 1.807) is 11.8 Å². The predicted molar refractivity (Wildman–Crippen MR) is 59.4 cm³/mol. The first-order valence-corrected chi connectivity index (χ1v) is 6.38. The lowest BCUT2D eigenvalue weighted by atomic mass is 10.1. The molecule has 0 saturated carbocycles. The standard InChI is InChI=1S/C10H13NS2/c1-3-8-7-10(12-2)13-9(8)5-4-6-11/h7H,3-5H2,1-2H3. The molecule has 1 aromatic heterocycles. The maximum atomic E-state index is 8.50. The third-order valence-electron chi connectivity index (χ3n) is 1.92. The van der Waals surface area contributed by atoms with Crippen molar-refractivity contribution in [1.29, 1.82) is 5.26 Å². The fourth-order valence-corrected chi connectivity index (χ4v) is 3.10. The lowest BCUT2D eigenvalue weighted by Gasteiger charge is -1.95. The first kappa shape index (κ1) is 10.6. The summed E-state index contributed by atoms with van der Waals surface area (Å²) in [5.41, 5.74) is 1.42. The summed E-state index contributed by atoms with van der Waals surface area (Å²) in [5.74, 6) is 0. The van der Waals surface area contributed by atoms with Crippen molar-refractivity contribution in [2.45, 2.75) is 30.4 Å². The molecule has 1 rings (SSSR count). The van der Waals surface area contributed by atoms with Gasteiger partial charge in [-0.3, -0.25) is 0 Å². The first-order valence-electron chi connectivity index (χ1n) is 4.34. The molecular formula is C10H13NS2. The molecule has 70 valence electrons. The summed E-state index contributed by atoms with van der Waals surface area (Å²) in [4.78, 5) is 1.40. The molecule has 0 N–H and O–H groups in total. The molecule has 0 fully saturated rings. The van der Waals surface area contributed by atoms with Gasteiger partial charge in [0.1, 0.15) is 0 Å². The number of hydrogen-bond acceptors (Lipinski definition) is 3. The molecule has 0 spiro atoms. The molecule has 0 aliphatic carbocycles. The van der Waals surface area contributed by atoms with Crippen molar-refractivity contribution in [2.24, 2.45) is 0 Å². The third-order valence-corrected chi connectivity index (χ3v) is 4.22. The summed E-state index contributed by atoms with van der Waals surface area (Å²) in [5, 5.41) is 8.50. The van der Waals surface area contributed by atoms with Gasteiger partial charge in [0, 0.05) is 11.3 Å². The van der Waals surface area contributed by atoms with E-state index in [1.807, 2.05) is 11.3 Å². The Bertz CT molecular complexity index is 309. The van der Waals surface area contributed by atoms with Gasteiger partial charge in [0.25, 0.3) is 0 Å². The van der Waals surface area contributed by atoms with Gasteiger partial charge < -0.3 is 0 Å². The van der Waals surface area contributed by atoms with Gasteiger partial charge in [0.05, 0.1) is 10.3 Å². The van der Waals surface area contributed by atoms with Crippen LogP contribution in [0, 0.1) is 11.3 Å². The Labute approximate surface area is 87.8 Å². The zero-order chi connectivity index (χ0) is 9.68. The summed E-state index contributed by atoms with van der Waals surface area (Å²) in [6, 6.07) is 4.45. The van der Waals surface area contributed by atoms with Crippen LogP contribution in [0.15, 0.2) is 10.3 Å². The third kappa shape index (κ3) is 2.75. The van der Waals surface area contributed by atoms with E-state index in [4.69, 9.17) is 5.26 Å². The maximum Gasteiger partial charge on any atom is 0.0625 e. The summed E-state index contributed by atoms with van der Waals surface area (Å²) in [6.07, 6.45) is 4.74. The molecule has 0 unspecified atom stereocenters. The van der Waals surface area contributed by atoms with Crippen LogP contribution in [0.3, 0.4) is 0 Å². The highest BCUT2D eigenvalue weighted by atomic mass is 32.2. The number of thiophene rings is 1. The van der Waals surface area contributed by atoms with Gasteiger partial charge in [0.2, 0.25) is 0 Å². The monoisotopic (exact) mass is 211 g/mol. The quantitative estimate of drug-likeness (QED) is 0.712. The highest BCUT2D eigenvalue weighted by molar-refractivity contribution is 8.00. The van der Waals surface area contributed by atoms with Crippen LogP contribution in [0.25, 0.3) is 0 Å². The summed E-state index contributed by atoms with van der Waals surface area (Å²) in [6.45, 7) is 2.17. The van der Waals surface area contributed by atoms with E-state index in [9.17, 15) is 0 Å². The average molecular weight is 211 g/mol. The topological polar surface area (TPSA) is 23.8 Å². The van der Waals surface area contributed by atoms with E-state index >= 15 is 0 Å². The summed E-state index contributed by atoms with van der Waals surface area (Å²) in [7, 11) is 0. The zero-order valence-electron chi connectivity index (χ0n) is 7.96. The number of nitriles is 1. The number of thioether (sulfide) groups is 1. The molecule has 0 aliphatic rings. The number of nitrogens with zero attached hydrogens (tertiary/aromatic N) is 1. The van der Waals surface area contributed by atoms with Crippen LogP contribution in [0.2, 0.25) is 0 Å². The van der Waals surface area contributed by atoms with Crippen LogP contribution in [-0.2, 0) is 12.8 Å². The molecule has 1 nitrogen and oxygen atoms in total. The normalized spacial score (nSPS) is 9.92. The van der Waals surface area contributed by atoms with Crippen LogP contribution in [0.5, 0.6) is 0 Å². The number of rotatable bonds is 4. The lowest BCUT2D eigenvalue weighted by molar-refractivity contribution is 0.998. The Kier molecular flexibility index (Phi) is 4.34. The van der Waals surface area contributed by atoms with Crippen molar-refractivity contribution in [2.75, 3.05) is 6.26 Å². The van der Waals surface area contributed by atoms with Gasteiger partial charge in [-0.25, -0.2) is 0 Å². The Morgan fingerprint density at radius 2 is 2.38 bits per heavy atom. The van der Waals surface area contributed by atoms with Crippen molar-refractivity contribution >= 4 is 23.1 Å². The zero-order valence-corrected chi connectivity index (χ0v) is 9.60. The second-order valence-electron chi connectivity index (χ2n) is 2.73. The van der Waals surface area contributed by atoms with Gasteiger partial charge in [-0.15, -0.1) is 23.1 Å². The highest BCUT2D eigenvalue weighted by Gasteiger charge is 2.06.